The number of nitrogens with zero attached hydrogens (tertiary/aromatic N) is 3. The number of aryl methyl sites for hydroxylation is 2. The first-order valence-corrected chi connectivity index (χ1v) is 9.22. The number of unbranched alkanes of at least 4 members (excludes halogenated alkanes) is 1. The molecule has 1 aromatic carbocycles. The van der Waals surface area contributed by atoms with Crippen LogP contribution in [0.25, 0.3) is 0 Å². The highest BCUT2D eigenvalue weighted by Gasteiger charge is 2.28. The Hall–Kier alpha value is -2.30. The number of rotatable bonds is 9. The number of carbonyl (C=O) groups is 1. The molecule has 0 radical (unpaired) electrons. The third kappa shape index (κ3) is 4.41. The molecule has 0 aliphatic carbocycles. The fraction of sp³-hybridized carbons (Fsp3) is 0.500. The summed E-state index contributed by atoms with van der Waals surface area (Å²) in [5.74, 6) is -0.282. The molecule has 0 saturated heterocycles. The van der Waals surface area contributed by atoms with Gasteiger partial charge in [0.15, 0.2) is 0 Å². The summed E-state index contributed by atoms with van der Waals surface area (Å²) >= 11 is 0. The summed E-state index contributed by atoms with van der Waals surface area (Å²) in [6.07, 6.45) is 10.4. The topological polar surface area (TPSA) is 58.4 Å². The quantitative estimate of drug-likeness (QED) is 0.756. The standard InChI is InChI=1S/C20H27N3O2/c1-2-3-4-16-5-6-19-18(13-16)17(7-10-22-12-9-21-15-22)14-23(19)11-8-20(24)25/h5-6,9,12-13,15,17H,2-4,7-8,10-11,14H2,1H3,(H,24,25). The molecular formula is C20H27N3O2. The predicted molar refractivity (Wildman–Crippen MR) is 99.1 cm³/mol. The van der Waals surface area contributed by atoms with Gasteiger partial charge in [0, 0.05) is 43.6 Å². The predicted octanol–water partition coefficient (Wildman–Crippen LogP) is 3.69. The normalized spacial score (nSPS) is 16.2. The first-order valence-electron chi connectivity index (χ1n) is 9.22. The average molecular weight is 341 g/mol. The molecule has 1 unspecified atom stereocenters. The van der Waals surface area contributed by atoms with Crippen molar-refractivity contribution < 1.29 is 9.90 Å². The maximum Gasteiger partial charge on any atom is 0.305 e. The highest BCUT2D eigenvalue weighted by molar-refractivity contribution is 5.69. The van der Waals surface area contributed by atoms with Gasteiger partial charge in [-0.15, -0.1) is 0 Å². The lowest BCUT2D eigenvalue weighted by atomic mass is 9.95. The molecule has 134 valence electrons. The smallest absolute Gasteiger partial charge is 0.305 e. The van der Waals surface area contributed by atoms with Crippen molar-refractivity contribution in [2.75, 3.05) is 18.0 Å². The molecule has 25 heavy (non-hydrogen) atoms. The van der Waals surface area contributed by atoms with Crippen molar-refractivity contribution in [3.63, 3.8) is 0 Å². The van der Waals surface area contributed by atoms with Crippen LogP contribution in [-0.4, -0.2) is 33.7 Å². The van der Waals surface area contributed by atoms with Crippen molar-refractivity contribution in [1.29, 1.82) is 0 Å². The van der Waals surface area contributed by atoms with Crippen molar-refractivity contribution in [2.45, 2.75) is 51.5 Å². The Bertz CT molecular complexity index is 697. The van der Waals surface area contributed by atoms with Crippen LogP contribution in [0.3, 0.4) is 0 Å². The molecule has 5 heteroatoms. The van der Waals surface area contributed by atoms with Crippen molar-refractivity contribution in [1.82, 2.24) is 9.55 Å². The minimum Gasteiger partial charge on any atom is -0.481 e. The van der Waals surface area contributed by atoms with Gasteiger partial charge in [0.2, 0.25) is 0 Å². The third-order valence-corrected chi connectivity index (χ3v) is 5.02. The van der Waals surface area contributed by atoms with Gasteiger partial charge < -0.3 is 14.6 Å². The second kappa shape index (κ2) is 8.19. The molecule has 2 heterocycles. The van der Waals surface area contributed by atoms with Crippen LogP contribution in [-0.2, 0) is 17.8 Å². The molecule has 1 atom stereocenters. The molecule has 0 spiro atoms. The molecule has 1 N–H and O–H groups in total. The van der Waals surface area contributed by atoms with Gasteiger partial charge in [-0.05, 0) is 36.5 Å². The van der Waals surface area contributed by atoms with Crippen LogP contribution >= 0.6 is 0 Å². The summed E-state index contributed by atoms with van der Waals surface area (Å²) in [6.45, 7) is 4.65. The summed E-state index contributed by atoms with van der Waals surface area (Å²) in [4.78, 5) is 17.3. The highest BCUT2D eigenvalue weighted by atomic mass is 16.4. The Morgan fingerprint density at radius 2 is 2.24 bits per heavy atom. The van der Waals surface area contributed by atoms with Gasteiger partial charge in [-0.25, -0.2) is 4.98 Å². The molecule has 0 fully saturated rings. The van der Waals surface area contributed by atoms with Crippen molar-refractivity contribution in [3.05, 3.63) is 48.0 Å². The highest BCUT2D eigenvalue weighted by Crippen LogP contribution is 2.39. The molecule has 0 amide bonds. The van der Waals surface area contributed by atoms with Gasteiger partial charge >= 0.3 is 5.97 Å². The monoisotopic (exact) mass is 341 g/mol. The van der Waals surface area contributed by atoms with E-state index in [0.717, 1.165) is 25.9 Å². The number of imidazole rings is 1. The summed E-state index contributed by atoms with van der Waals surface area (Å²) in [6, 6.07) is 6.75. The lowest BCUT2D eigenvalue weighted by Gasteiger charge is -2.19. The van der Waals surface area contributed by atoms with Gasteiger partial charge in [-0.2, -0.15) is 0 Å². The number of aromatic nitrogens is 2. The molecule has 2 aromatic rings. The van der Waals surface area contributed by atoms with Crippen LogP contribution < -0.4 is 4.90 Å². The summed E-state index contributed by atoms with van der Waals surface area (Å²) < 4.78 is 2.11. The Morgan fingerprint density at radius 1 is 1.36 bits per heavy atom. The van der Waals surface area contributed by atoms with Crippen LogP contribution in [0.2, 0.25) is 0 Å². The van der Waals surface area contributed by atoms with Crippen molar-refractivity contribution in [2.24, 2.45) is 0 Å². The zero-order chi connectivity index (χ0) is 17.6. The molecule has 0 saturated carbocycles. The van der Waals surface area contributed by atoms with E-state index in [-0.39, 0.29) is 6.42 Å². The molecule has 1 aromatic heterocycles. The van der Waals surface area contributed by atoms with Crippen molar-refractivity contribution in [3.8, 4) is 0 Å². The van der Waals surface area contributed by atoms with Gasteiger partial charge in [0.1, 0.15) is 0 Å². The lowest BCUT2D eigenvalue weighted by Crippen LogP contribution is -2.25. The molecule has 0 bridgehead atoms. The van der Waals surface area contributed by atoms with Crippen LogP contribution in [0.15, 0.2) is 36.9 Å². The summed E-state index contributed by atoms with van der Waals surface area (Å²) in [5.41, 5.74) is 4.00. The summed E-state index contributed by atoms with van der Waals surface area (Å²) in [7, 11) is 0. The Balaban J connectivity index is 1.75. The number of hydrogen-bond donors (Lipinski definition) is 1. The number of fused-ring (bicyclic) bond motifs is 1. The number of anilines is 1. The maximum atomic E-state index is 11.0. The number of hydrogen-bond acceptors (Lipinski definition) is 3. The largest absolute Gasteiger partial charge is 0.481 e. The van der Waals surface area contributed by atoms with E-state index in [4.69, 9.17) is 5.11 Å². The van der Waals surface area contributed by atoms with E-state index in [9.17, 15) is 4.79 Å². The lowest BCUT2D eigenvalue weighted by molar-refractivity contribution is -0.136. The molecule has 1 aliphatic heterocycles. The number of benzene rings is 1. The van der Waals surface area contributed by atoms with Crippen LogP contribution in [0.1, 0.15) is 49.7 Å². The van der Waals surface area contributed by atoms with Gasteiger partial charge in [0.05, 0.1) is 12.7 Å². The van der Waals surface area contributed by atoms with E-state index in [2.05, 4.69) is 39.6 Å². The number of carboxylic acids is 1. The maximum absolute atomic E-state index is 11.0. The zero-order valence-electron chi connectivity index (χ0n) is 14.9. The fourth-order valence-corrected chi connectivity index (χ4v) is 3.63. The van der Waals surface area contributed by atoms with Gasteiger partial charge in [-0.3, -0.25) is 4.79 Å². The number of aliphatic carboxylic acids is 1. The second-order valence-electron chi connectivity index (χ2n) is 6.87. The van der Waals surface area contributed by atoms with E-state index < -0.39 is 5.97 Å². The Morgan fingerprint density at radius 3 is 2.96 bits per heavy atom. The fourth-order valence-electron chi connectivity index (χ4n) is 3.63. The first kappa shape index (κ1) is 17.5. The SMILES string of the molecule is CCCCc1ccc2c(c1)C(CCn1ccnc1)CN2CCC(=O)O. The third-order valence-electron chi connectivity index (χ3n) is 5.02. The molecular weight excluding hydrogens is 314 g/mol. The Kier molecular flexibility index (Phi) is 5.74. The summed E-state index contributed by atoms with van der Waals surface area (Å²) in [5, 5.41) is 9.02. The van der Waals surface area contributed by atoms with Gasteiger partial charge in [-0.1, -0.05) is 25.5 Å². The minimum atomic E-state index is -0.733. The number of carboxylic acid groups (broad SMARTS) is 1. The molecule has 3 rings (SSSR count). The van der Waals surface area contributed by atoms with E-state index >= 15 is 0 Å². The van der Waals surface area contributed by atoms with Gasteiger partial charge in [0.25, 0.3) is 0 Å². The Labute approximate surface area is 149 Å². The van der Waals surface area contributed by atoms with Crippen LogP contribution in [0, 0.1) is 0 Å². The molecule has 1 aliphatic rings. The second-order valence-corrected chi connectivity index (χ2v) is 6.87. The van der Waals surface area contributed by atoms with E-state index in [1.807, 2.05) is 18.7 Å². The first-order chi connectivity index (χ1) is 12.2. The van der Waals surface area contributed by atoms with Crippen LogP contribution in [0.5, 0.6) is 0 Å². The average Bonchev–Trinajstić information content (AvgIpc) is 3.24. The molecule has 5 nitrogen and oxygen atoms in total. The minimum absolute atomic E-state index is 0.186. The van der Waals surface area contributed by atoms with E-state index in [0.29, 0.717) is 12.5 Å². The zero-order valence-corrected chi connectivity index (χ0v) is 14.9. The van der Waals surface area contributed by atoms with E-state index in [1.54, 1.807) is 0 Å². The van der Waals surface area contributed by atoms with E-state index in [1.165, 1.54) is 29.7 Å². The van der Waals surface area contributed by atoms with Crippen molar-refractivity contribution >= 4 is 11.7 Å². The van der Waals surface area contributed by atoms with Crippen LogP contribution in [0.4, 0.5) is 5.69 Å².